The van der Waals surface area contributed by atoms with Gasteiger partial charge in [-0.2, -0.15) is 0 Å². The number of fused-ring (bicyclic) bond motifs is 1. The summed E-state index contributed by atoms with van der Waals surface area (Å²) in [5.41, 5.74) is 2.02. The van der Waals surface area contributed by atoms with Crippen LogP contribution in [0.1, 0.15) is 29.3 Å². The average molecular weight is 383 g/mol. The van der Waals surface area contributed by atoms with Gasteiger partial charge >= 0.3 is 0 Å². The first-order chi connectivity index (χ1) is 13.5. The van der Waals surface area contributed by atoms with Crippen LogP contribution >= 0.6 is 0 Å². The molecule has 0 fully saturated rings. The molecule has 1 aliphatic heterocycles. The summed E-state index contributed by atoms with van der Waals surface area (Å²) < 4.78 is 30.1. The number of benzene rings is 2. The van der Waals surface area contributed by atoms with Crippen LogP contribution in [-0.2, 0) is 13.1 Å². The van der Waals surface area contributed by atoms with Gasteiger partial charge < -0.3 is 4.57 Å². The normalized spacial score (nSPS) is 17.1. The third-order valence-electron chi connectivity index (χ3n) is 5.16. The first-order valence-corrected chi connectivity index (χ1v) is 9.11. The summed E-state index contributed by atoms with van der Waals surface area (Å²) in [4.78, 5) is 12.9. The number of nitro groups is 1. The Kier molecular flexibility index (Phi) is 4.92. The van der Waals surface area contributed by atoms with Gasteiger partial charge in [-0.1, -0.05) is 24.3 Å². The third-order valence-corrected chi connectivity index (χ3v) is 5.16. The fourth-order valence-corrected chi connectivity index (χ4v) is 3.89. The number of halogens is 2. The summed E-state index contributed by atoms with van der Waals surface area (Å²) in [6, 6.07) is 14.3. The van der Waals surface area contributed by atoms with Crippen molar-refractivity contribution in [2.75, 3.05) is 6.54 Å². The van der Waals surface area contributed by atoms with Crippen molar-refractivity contribution >= 4 is 5.69 Å². The van der Waals surface area contributed by atoms with Gasteiger partial charge in [0.2, 0.25) is 0 Å². The number of hydrogen-bond acceptors (Lipinski definition) is 3. The molecule has 0 unspecified atom stereocenters. The molecule has 0 saturated carbocycles. The number of non-ortho nitro benzene ring substituents is 1. The van der Waals surface area contributed by atoms with Gasteiger partial charge in [0.05, 0.1) is 11.0 Å². The first kappa shape index (κ1) is 18.3. The van der Waals surface area contributed by atoms with E-state index in [1.54, 1.807) is 18.2 Å². The Labute approximate surface area is 161 Å². The van der Waals surface area contributed by atoms with Crippen LogP contribution in [-0.4, -0.2) is 20.9 Å². The molecule has 144 valence electrons. The van der Waals surface area contributed by atoms with E-state index in [9.17, 15) is 18.9 Å². The molecular formula is C21H19F2N3O2. The fraction of sp³-hybridized carbons (Fsp3) is 0.238. The molecule has 0 spiro atoms. The Morgan fingerprint density at radius 2 is 1.89 bits per heavy atom. The molecule has 0 bridgehead atoms. The topological polar surface area (TPSA) is 51.3 Å². The van der Waals surface area contributed by atoms with E-state index in [4.69, 9.17) is 0 Å². The van der Waals surface area contributed by atoms with E-state index < -0.39 is 16.6 Å². The monoisotopic (exact) mass is 383 g/mol. The molecule has 1 aromatic heterocycles. The van der Waals surface area contributed by atoms with Crippen molar-refractivity contribution in [2.24, 2.45) is 0 Å². The molecule has 0 aliphatic carbocycles. The van der Waals surface area contributed by atoms with Crippen LogP contribution in [0, 0.1) is 21.7 Å². The summed E-state index contributed by atoms with van der Waals surface area (Å²) in [6.07, 6.45) is 2.82. The second kappa shape index (κ2) is 7.52. The summed E-state index contributed by atoms with van der Waals surface area (Å²) in [7, 11) is 0. The summed E-state index contributed by atoms with van der Waals surface area (Å²) in [5.74, 6) is -1.72. The molecule has 3 aromatic rings. The Morgan fingerprint density at radius 1 is 1.07 bits per heavy atom. The van der Waals surface area contributed by atoms with E-state index in [-0.39, 0.29) is 23.8 Å². The van der Waals surface area contributed by atoms with Crippen LogP contribution in [0.25, 0.3) is 0 Å². The van der Waals surface area contributed by atoms with Crippen LogP contribution in [0.15, 0.2) is 60.8 Å². The minimum Gasteiger partial charge on any atom is -0.350 e. The lowest BCUT2D eigenvalue weighted by Crippen LogP contribution is -2.30. The minimum absolute atomic E-state index is 0.0109. The smallest absolute Gasteiger partial charge is 0.269 e. The molecule has 0 amide bonds. The SMILES string of the molecule is O=[N+]([O-])c1cccc([C@@H]2c3cccn3CCCN2Cc2cccc(F)c2F)c1. The Morgan fingerprint density at radius 3 is 2.71 bits per heavy atom. The van der Waals surface area contributed by atoms with Gasteiger partial charge in [-0.15, -0.1) is 0 Å². The van der Waals surface area contributed by atoms with Crippen molar-refractivity contribution in [3.8, 4) is 0 Å². The molecule has 0 saturated heterocycles. The zero-order chi connectivity index (χ0) is 19.7. The van der Waals surface area contributed by atoms with E-state index >= 15 is 0 Å². The van der Waals surface area contributed by atoms with Crippen LogP contribution < -0.4 is 0 Å². The maximum Gasteiger partial charge on any atom is 0.269 e. The van der Waals surface area contributed by atoms with E-state index in [1.165, 1.54) is 12.1 Å². The number of nitro benzene ring substituents is 1. The lowest BCUT2D eigenvalue weighted by molar-refractivity contribution is -0.384. The number of nitrogens with zero attached hydrogens (tertiary/aromatic N) is 3. The first-order valence-electron chi connectivity index (χ1n) is 9.11. The zero-order valence-corrected chi connectivity index (χ0v) is 15.1. The van der Waals surface area contributed by atoms with Crippen LogP contribution in [0.4, 0.5) is 14.5 Å². The van der Waals surface area contributed by atoms with Crippen LogP contribution in [0.5, 0.6) is 0 Å². The van der Waals surface area contributed by atoms with Crippen LogP contribution in [0.3, 0.4) is 0 Å². The lowest BCUT2D eigenvalue weighted by atomic mass is 10.0. The number of aryl methyl sites for hydroxylation is 1. The van der Waals surface area contributed by atoms with Gasteiger partial charge in [0.15, 0.2) is 11.6 Å². The maximum atomic E-state index is 14.3. The highest BCUT2D eigenvalue weighted by atomic mass is 19.2. The Balaban J connectivity index is 1.78. The molecule has 5 nitrogen and oxygen atoms in total. The van der Waals surface area contributed by atoms with Crippen molar-refractivity contribution in [2.45, 2.75) is 25.6 Å². The molecule has 1 atom stereocenters. The average Bonchev–Trinajstić information content (AvgIpc) is 3.07. The van der Waals surface area contributed by atoms with Crippen molar-refractivity contribution in [3.63, 3.8) is 0 Å². The highest BCUT2D eigenvalue weighted by molar-refractivity contribution is 5.39. The van der Waals surface area contributed by atoms with Gasteiger partial charge in [0.25, 0.3) is 5.69 Å². The second-order valence-corrected chi connectivity index (χ2v) is 6.92. The molecular weight excluding hydrogens is 364 g/mol. The van der Waals surface area contributed by atoms with Crippen molar-refractivity contribution in [1.29, 1.82) is 0 Å². The Bertz CT molecular complexity index is 1020. The van der Waals surface area contributed by atoms with Gasteiger partial charge in [0.1, 0.15) is 0 Å². The van der Waals surface area contributed by atoms with Gasteiger partial charge in [0, 0.05) is 49.2 Å². The quantitative estimate of drug-likeness (QED) is 0.486. The number of aromatic nitrogens is 1. The molecule has 0 radical (unpaired) electrons. The molecule has 0 N–H and O–H groups in total. The molecule has 2 aromatic carbocycles. The van der Waals surface area contributed by atoms with E-state index in [1.807, 2.05) is 24.4 Å². The lowest BCUT2D eigenvalue weighted by Gasteiger charge is -2.30. The Hall–Kier alpha value is -3.06. The van der Waals surface area contributed by atoms with E-state index in [2.05, 4.69) is 9.47 Å². The van der Waals surface area contributed by atoms with E-state index in [0.29, 0.717) is 6.54 Å². The van der Waals surface area contributed by atoms with Crippen molar-refractivity contribution in [3.05, 3.63) is 99.4 Å². The summed E-state index contributed by atoms with van der Waals surface area (Å²) in [6.45, 7) is 1.67. The summed E-state index contributed by atoms with van der Waals surface area (Å²) >= 11 is 0. The molecule has 4 rings (SSSR count). The number of rotatable bonds is 4. The van der Waals surface area contributed by atoms with Crippen LogP contribution in [0.2, 0.25) is 0 Å². The third kappa shape index (κ3) is 3.41. The molecule has 1 aliphatic rings. The number of hydrogen-bond donors (Lipinski definition) is 0. The fourth-order valence-electron chi connectivity index (χ4n) is 3.89. The zero-order valence-electron chi connectivity index (χ0n) is 15.1. The predicted octanol–water partition coefficient (Wildman–Crippen LogP) is 4.67. The van der Waals surface area contributed by atoms with Crippen molar-refractivity contribution in [1.82, 2.24) is 9.47 Å². The minimum atomic E-state index is -0.873. The predicted molar refractivity (Wildman–Crippen MR) is 101 cm³/mol. The molecule has 7 heteroatoms. The molecule has 28 heavy (non-hydrogen) atoms. The standard InChI is InChI=1S/C21H19F2N3O2/c22-18-8-2-6-16(20(18)23)14-25-12-4-11-24-10-3-9-19(24)21(25)15-5-1-7-17(13-15)26(27)28/h1-3,5-10,13,21H,4,11-12,14H2/t21-/m1/s1. The van der Waals surface area contributed by atoms with Crippen molar-refractivity contribution < 1.29 is 13.7 Å². The van der Waals surface area contributed by atoms with Gasteiger partial charge in [-0.25, -0.2) is 8.78 Å². The largest absolute Gasteiger partial charge is 0.350 e. The molecule has 2 heterocycles. The summed E-state index contributed by atoms with van der Waals surface area (Å²) in [5, 5.41) is 11.2. The van der Waals surface area contributed by atoms with Gasteiger partial charge in [-0.05, 0) is 30.2 Å². The maximum absolute atomic E-state index is 14.3. The van der Waals surface area contributed by atoms with Gasteiger partial charge in [-0.3, -0.25) is 15.0 Å². The van der Waals surface area contributed by atoms with E-state index in [0.717, 1.165) is 30.3 Å². The highest BCUT2D eigenvalue weighted by Gasteiger charge is 2.29. The highest BCUT2D eigenvalue weighted by Crippen LogP contribution is 2.34. The second-order valence-electron chi connectivity index (χ2n) is 6.92.